The van der Waals surface area contributed by atoms with Crippen molar-refractivity contribution in [1.29, 1.82) is 0 Å². The first kappa shape index (κ1) is 20.9. The van der Waals surface area contributed by atoms with Gasteiger partial charge in [0.05, 0.1) is 26.9 Å². The smallest absolute Gasteiger partial charge is 0.344 e. The Hall–Kier alpha value is -2.46. The highest BCUT2D eigenvalue weighted by Gasteiger charge is 2.21. The van der Waals surface area contributed by atoms with Gasteiger partial charge < -0.3 is 33.7 Å². The molecule has 27 heavy (non-hydrogen) atoms. The molecule has 0 spiro atoms. The summed E-state index contributed by atoms with van der Waals surface area (Å²) in [6, 6.07) is 2.41. The van der Waals surface area contributed by atoms with Crippen molar-refractivity contribution in [3.63, 3.8) is 0 Å². The second-order valence-electron chi connectivity index (χ2n) is 5.63. The molecule has 0 aliphatic carbocycles. The molecule has 2 radical (unpaired) electrons. The second kappa shape index (κ2) is 10.0. The van der Waals surface area contributed by atoms with E-state index in [1.165, 1.54) is 33.5 Å². The number of hydrogen-bond donors (Lipinski definition) is 1. The molecule has 1 aromatic rings. The highest BCUT2D eigenvalue weighted by atomic mass is 16.6. The van der Waals surface area contributed by atoms with Crippen LogP contribution in [0.2, 0.25) is 0 Å². The Labute approximate surface area is 158 Å². The Bertz CT molecular complexity index is 643. The third-order valence-electron chi connectivity index (χ3n) is 3.74. The number of carbonyl (C=O) groups excluding carboxylic acids is 2. The Morgan fingerprint density at radius 2 is 1.78 bits per heavy atom. The van der Waals surface area contributed by atoms with E-state index in [9.17, 15) is 9.59 Å². The van der Waals surface area contributed by atoms with Gasteiger partial charge in [0.2, 0.25) is 5.75 Å². The fraction of sp³-hybridized carbons (Fsp3) is 0.529. The molecule has 2 unspecified atom stereocenters. The van der Waals surface area contributed by atoms with Gasteiger partial charge in [0.15, 0.2) is 18.1 Å². The number of hydrogen-bond acceptors (Lipinski definition) is 9. The van der Waals surface area contributed by atoms with Crippen molar-refractivity contribution in [2.24, 2.45) is 0 Å². The summed E-state index contributed by atoms with van der Waals surface area (Å²) in [5.41, 5.74) is 0.142. The standard InChI is InChI=1S/C17H22BNO8/c1-22-12-4-10(5-13(23-2)16(12)24-3)17(21)26-9-15(20)25-8-11-6-19-7-14(18)27-11/h4-5,11,14,19H,6-9H2,1-3H3. The normalized spacial score (nSPS) is 19.1. The second-order valence-corrected chi connectivity index (χ2v) is 5.63. The van der Waals surface area contributed by atoms with Gasteiger partial charge in [-0.3, -0.25) is 0 Å². The van der Waals surface area contributed by atoms with Crippen LogP contribution in [0.3, 0.4) is 0 Å². The van der Waals surface area contributed by atoms with Crippen LogP contribution in [-0.4, -0.2) is 79.5 Å². The van der Waals surface area contributed by atoms with Gasteiger partial charge in [-0.05, 0) is 12.1 Å². The summed E-state index contributed by atoms with van der Waals surface area (Å²) >= 11 is 0. The minimum absolute atomic E-state index is 0.0151. The van der Waals surface area contributed by atoms with Gasteiger partial charge in [0.1, 0.15) is 20.6 Å². The fourth-order valence-corrected chi connectivity index (χ4v) is 2.46. The lowest BCUT2D eigenvalue weighted by molar-refractivity contribution is -0.152. The molecule has 0 aromatic heterocycles. The van der Waals surface area contributed by atoms with Gasteiger partial charge in [0.25, 0.3) is 0 Å². The summed E-state index contributed by atoms with van der Waals surface area (Å²) in [4.78, 5) is 24.0. The molecular weight excluding hydrogens is 357 g/mol. The Morgan fingerprint density at radius 1 is 1.11 bits per heavy atom. The summed E-state index contributed by atoms with van der Waals surface area (Å²) < 4.78 is 30.9. The van der Waals surface area contributed by atoms with E-state index in [0.29, 0.717) is 30.3 Å². The van der Waals surface area contributed by atoms with Crippen molar-refractivity contribution in [2.45, 2.75) is 12.1 Å². The molecule has 0 bridgehead atoms. The highest BCUT2D eigenvalue weighted by Crippen LogP contribution is 2.38. The minimum atomic E-state index is -0.733. The van der Waals surface area contributed by atoms with Crippen LogP contribution in [0.25, 0.3) is 0 Å². The predicted molar refractivity (Wildman–Crippen MR) is 94.6 cm³/mol. The maximum absolute atomic E-state index is 12.2. The first-order chi connectivity index (χ1) is 13.0. The molecule has 1 fully saturated rings. The van der Waals surface area contributed by atoms with Crippen LogP contribution in [0.5, 0.6) is 17.2 Å². The number of morpholine rings is 1. The van der Waals surface area contributed by atoms with Crippen molar-refractivity contribution in [2.75, 3.05) is 47.6 Å². The van der Waals surface area contributed by atoms with Crippen molar-refractivity contribution in [3.8, 4) is 17.2 Å². The quantitative estimate of drug-likeness (QED) is 0.490. The zero-order valence-corrected chi connectivity index (χ0v) is 15.5. The first-order valence-corrected chi connectivity index (χ1v) is 8.23. The number of rotatable bonds is 8. The van der Waals surface area contributed by atoms with E-state index in [-0.39, 0.29) is 18.3 Å². The number of benzene rings is 1. The van der Waals surface area contributed by atoms with Gasteiger partial charge in [-0.2, -0.15) is 0 Å². The molecule has 146 valence electrons. The van der Waals surface area contributed by atoms with Crippen molar-refractivity contribution >= 4 is 19.8 Å². The molecular formula is C17H22BNO8. The number of carbonyl (C=O) groups is 2. The topological polar surface area (TPSA) is 102 Å². The lowest BCUT2D eigenvalue weighted by Gasteiger charge is -2.28. The van der Waals surface area contributed by atoms with Gasteiger partial charge in [-0.15, -0.1) is 0 Å². The monoisotopic (exact) mass is 379 g/mol. The SMILES string of the molecule is [B]C1CNCC(COC(=O)COC(=O)c2cc(OC)c(OC)c(OC)c2)O1. The van der Waals surface area contributed by atoms with E-state index >= 15 is 0 Å². The van der Waals surface area contributed by atoms with E-state index in [4.69, 9.17) is 36.3 Å². The van der Waals surface area contributed by atoms with E-state index in [2.05, 4.69) is 5.32 Å². The van der Waals surface area contributed by atoms with Gasteiger partial charge in [-0.25, -0.2) is 9.59 Å². The van der Waals surface area contributed by atoms with Crippen LogP contribution in [0.15, 0.2) is 12.1 Å². The Morgan fingerprint density at radius 3 is 2.33 bits per heavy atom. The van der Waals surface area contributed by atoms with Crippen molar-refractivity contribution in [3.05, 3.63) is 17.7 Å². The predicted octanol–water partition coefficient (Wildman–Crippen LogP) is -0.105. The number of ether oxygens (including phenoxy) is 6. The molecule has 0 amide bonds. The van der Waals surface area contributed by atoms with E-state index in [0.717, 1.165) is 0 Å². The van der Waals surface area contributed by atoms with Gasteiger partial charge in [-0.1, -0.05) is 0 Å². The Kier molecular flexibility index (Phi) is 7.74. The minimum Gasteiger partial charge on any atom is -0.493 e. The average Bonchev–Trinajstić information content (AvgIpc) is 2.69. The van der Waals surface area contributed by atoms with Crippen molar-refractivity contribution < 1.29 is 38.0 Å². The molecule has 2 rings (SSSR count). The van der Waals surface area contributed by atoms with Crippen LogP contribution in [-0.2, 0) is 19.0 Å². The molecule has 1 aromatic carbocycles. The summed E-state index contributed by atoms with van der Waals surface area (Å²) in [5.74, 6) is -0.494. The largest absolute Gasteiger partial charge is 0.493 e. The molecule has 1 saturated heterocycles. The van der Waals surface area contributed by atoms with E-state index < -0.39 is 24.5 Å². The number of nitrogens with one attached hydrogen (secondary N) is 1. The zero-order valence-electron chi connectivity index (χ0n) is 15.5. The third kappa shape index (κ3) is 5.76. The molecule has 1 N–H and O–H groups in total. The van der Waals surface area contributed by atoms with Crippen molar-refractivity contribution in [1.82, 2.24) is 5.32 Å². The molecule has 10 heteroatoms. The van der Waals surface area contributed by atoms with Crippen LogP contribution in [0, 0.1) is 0 Å². The molecule has 1 heterocycles. The lowest BCUT2D eigenvalue weighted by Crippen LogP contribution is -2.47. The fourth-order valence-electron chi connectivity index (χ4n) is 2.46. The maximum atomic E-state index is 12.2. The summed E-state index contributed by atoms with van der Waals surface area (Å²) in [7, 11) is 9.95. The first-order valence-electron chi connectivity index (χ1n) is 8.23. The zero-order chi connectivity index (χ0) is 19.8. The third-order valence-corrected chi connectivity index (χ3v) is 3.74. The number of methoxy groups -OCH3 is 3. The van der Waals surface area contributed by atoms with Crippen LogP contribution >= 0.6 is 0 Å². The molecule has 0 saturated carbocycles. The average molecular weight is 379 g/mol. The van der Waals surface area contributed by atoms with Crippen LogP contribution in [0.1, 0.15) is 10.4 Å². The summed E-state index contributed by atoms with van der Waals surface area (Å²) in [6.07, 6.45) is -0.344. The molecule has 1 aliphatic rings. The Balaban J connectivity index is 1.88. The maximum Gasteiger partial charge on any atom is 0.344 e. The van der Waals surface area contributed by atoms with Gasteiger partial charge >= 0.3 is 11.9 Å². The molecule has 9 nitrogen and oxygen atoms in total. The number of esters is 2. The highest BCUT2D eigenvalue weighted by molar-refractivity contribution is 6.11. The summed E-state index contributed by atoms with van der Waals surface area (Å²) in [5, 5.41) is 3.05. The van der Waals surface area contributed by atoms with E-state index in [1.54, 1.807) is 0 Å². The lowest BCUT2D eigenvalue weighted by atomic mass is 9.98. The van der Waals surface area contributed by atoms with E-state index in [1.807, 2.05) is 0 Å². The van der Waals surface area contributed by atoms with Gasteiger partial charge in [0, 0.05) is 19.1 Å². The van der Waals surface area contributed by atoms with Crippen LogP contribution in [0.4, 0.5) is 0 Å². The summed E-state index contributed by atoms with van der Waals surface area (Å²) in [6.45, 7) is 0.534. The van der Waals surface area contributed by atoms with Crippen LogP contribution < -0.4 is 19.5 Å². The molecule has 2 atom stereocenters. The molecule has 1 aliphatic heterocycles.